The summed E-state index contributed by atoms with van der Waals surface area (Å²) in [5.74, 6) is -0.610. The summed E-state index contributed by atoms with van der Waals surface area (Å²) in [5.41, 5.74) is 0.543. The summed E-state index contributed by atoms with van der Waals surface area (Å²) in [5, 5.41) is 5.31. The molecule has 2 amide bonds. The Bertz CT molecular complexity index is 533. The van der Waals surface area contributed by atoms with Crippen molar-refractivity contribution in [3.05, 3.63) is 24.3 Å². The monoisotopic (exact) mass is 306 g/mol. The van der Waals surface area contributed by atoms with Gasteiger partial charge in [0.2, 0.25) is 0 Å². The quantitative estimate of drug-likeness (QED) is 0.661. The Morgan fingerprint density at radius 2 is 2.18 bits per heavy atom. The van der Waals surface area contributed by atoms with Crippen LogP contribution in [0.1, 0.15) is 19.8 Å². The smallest absolute Gasteiger partial charge is 0.313 e. The minimum atomic E-state index is -0.649. The molecule has 6 nitrogen and oxygen atoms in total. The van der Waals surface area contributed by atoms with Gasteiger partial charge in [-0.25, -0.2) is 0 Å². The van der Waals surface area contributed by atoms with E-state index in [1.54, 1.807) is 31.4 Å². The second-order valence-corrected chi connectivity index (χ2v) is 5.50. The van der Waals surface area contributed by atoms with Crippen LogP contribution in [0, 0.1) is 0 Å². The van der Waals surface area contributed by atoms with Gasteiger partial charge in [-0.05, 0) is 19.1 Å². The molecule has 1 aliphatic heterocycles. The Morgan fingerprint density at radius 3 is 2.91 bits per heavy atom. The third kappa shape index (κ3) is 4.21. The fourth-order valence-electron chi connectivity index (χ4n) is 2.88. The van der Waals surface area contributed by atoms with Crippen molar-refractivity contribution in [3.8, 4) is 5.75 Å². The van der Waals surface area contributed by atoms with E-state index in [-0.39, 0.29) is 0 Å². The van der Waals surface area contributed by atoms with Gasteiger partial charge in [-0.15, -0.1) is 0 Å². The van der Waals surface area contributed by atoms with Crippen LogP contribution in [0.4, 0.5) is 5.69 Å². The van der Waals surface area contributed by atoms with Gasteiger partial charge >= 0.3 is 11.8 Å². The number of carbonyl (C=O) groups excluding carboxylic acids is 2. The van der Waals surface area contributed by atoms with E-state index < -0.39 is 11.8 Å². The molecule has 0 saturated carbocycles. The van der Waals surface area contributed by atoms with Gasteiger partial charge in [0.15, 0.2) is 0 Å². The molecule has 1 unspecified atom stereocenters. The van der Waals surface area contributed by atoms with Crippen LogP contribution in [0.5, 0.6) is 5.75 Å². The highest BCUT2D eigenvalue weighted by Gasteiger charge is 2.28. The lowest BCUT2D eigenvalue weighted by molar-refractivity contribution is -0.909. The molecule has 3 N–H and O–H groups in total. The number of benzene rings is 1. The maximum absolute atomic E-state index is 11.9. The van der Waals surface area contributed by atoms with Gasteiger partial charge in [-0.2, -0.15) is 0 Å². The largest absolute Gasteiger partial charge is 0.497 e. The SMILES string of the molecule is CC[NH+]1CCC[C@H]1CNC(=O)C(=O)Nc1cccc(OC)c1. The lowest BCUT2D eigenvalue weighted by Crippen LogP contribution is -3.14. The fraction of sp³-hybridized carbons (Fsp3) is 0.500. The first-order valence-electron chi connectivity index (χ1n) is 7.71. The van der Waals surface area contributed by atoms with Crippen molar-refractivity contribution in [3.63, 3.8) is 0 Å². The Labute approximate surface area is 130 Å². The van der Waals surface area contributed by atoms with E-state index in [1.165, 1.54) is 11.3 Å². The molecular formula is C16H24N3O3+. The number of anilines is 1. The first-order chi connectivity index (χ1) is 10.6. The minimum Gasteiger partial charge on any atom is -0.497 e. The molecule has 0 radical (unpaired) electrons. The second-order valence-electron chi connectivity index (χ2n) is 5.50. The van der Waals surface area contributed by atoms with Gasteiger partial charge in [0, 0.05) is 24.6 Å². The summed E-state index contributed by atoms with van der Waals surface area (Å²) in [7, 11) is 1.55. The van der Waals surface area contributed by atoms with Crippen LogP contribution < -0.4 is 20.3 Å². The third-order valence-electron chi connectivity index (χ3n) is 4.12. The Balaban J connectivity index is 1.83. The molecule has 0 bridgehead atoms. The predicted octanol–water partition coefficient (Wildman–Crippen LogP) is -0.183. The van der Waals surface area contributed by atoms with Crippen LogP contribution >= 0.6 is 0 Å². The zero-order valence-electron chi connectivity index (χ0n) is 13.1. The summed E-state index contributed by atoms with van der Waals surface area (Å²) in [4.78, 5) is 25.3. The minimum absolute atomic E-state index is 0.415. The number of methoxy groups -OCH3 is 1. The fourth-order valence-corrected chi connectivity index (χ4v) is 2.88. The van der Waals surface area contributed by atoms with E-state index in [9.17, 15) is 9.59 Å². The maximum Gasteiger partial charge on any atom is 0.313 e. The van der Waals surface area contributed by atoms with Crippen LogP contribution in [-0.2, 0) is 9.59 Å². The summed E-state index contributed by atoms with van der Waals surface area (Å²) >= 11 is 0. The summed E-state index contributed by atoms with van der Waals surface area (Å²) in [6.07, 6.45) is 2.28. The maximum atomic E-state index is 11.9. The molecule has 1 aromatic carbocycles. The number of rotatable bonds is 5. The molecule has 1 aromatic rings. The Morgan fingerprint density at radius 1 is 1.36 bits per heavy atom. The Kier molecular flexibility index (Phi) is 5.77. The van der Waals surface area contributed by atoms with E-state index >= 15 is 0 Å². The average Bonchev–Trinajstić information content (AvgIpc) is 3.00. The first kappa shape index (κ1) is 16.3. The molecule has 1 heterocycles. The topological polar surface area (TPSA) is 71.9 Å². The molecular weight excluding hydrogens is 282 g/mol. The zero-order chi connectivity index (χ0) is 15.9. The van der Waals surface area contributed by atoms with Gasteiger partial charge in [-0.3, -0.25) is 9.59 Å². The van der Waals surface area contributed by atoms with E-state index in [0.29, 0.717) is 24.0 Å². The highest BCUT2D eigenvalue weighted by molar-refractivity contribution is 6.39. The van der Waals surface area contributed by atoms with Crippen molar-refractivity contribution in [1.82, 2.24) is 5.32 Å². The van der Waals surface area contributed by atoms with Crippen molar-refractivity contribution >= 4 is 17.5 Å². The molecule has 0 aromatic heterocycles. The van der Waals surface area contributed by atoms with Gasteiger partial charge in [-0.1, -0.05) is 6.07 Å². The van der Waals surface area contributed by atoms with Crippen LogP contribution in [0.15, 0.2) is 24.3 Å². The standard InChI is InChI=1S/C16H23N3O3/c1-3-19-9-5-7-13(19)11-17-15(20)16(21)18-12-6-4-8-14(10-12)22-2/h4,6,8,10,13H,3,5,7,9,11H2,1-2H3,(H,17,20)(H,18,21)/p+1/t13-/m0/s1. The number of carbonyl (C=O) groups is 2. The lowest BCUT2D eigenvalue weighted by atomic mass is 10.2. The molecule has 2 rings (SSSR count). The zero-order valence-corrected chi connectivity index (χ0v) is 13.1. The number of ether oxygens (including phenoxy) is 1. The third-order valence-corrected chi connectivity index (χ3v) is 4.12. The molecule has 0 spiro atoms. The highest BCUT2D eigenvalue weighted by Crippen LogP contribution is 2.16. The molecule has 2 atom stereocenters. The molecule has 6 heteroatoms. The molecule has 22 heavy (non-hydrogen) atoms. The lowest BCUT2D eigenvalue weighted by Gasteiger charge is -2.19. The molecule has 1 saturated heterocycles. The van der Waals surface area contributed by atoms with Gasteiger partial charge in [0.1, 0.15) is 11.8 Å². The van der Waals surface area contributed by atoms with Crippen molar-refractivity contribution in [2.45, 2.75) is 25.8 Å². The summed E-state index contributed by atoms with van der Waals surface area (Å²) in [6, 6.07) is 7.34. The van der Waals surface area contributed by atoms with Crippen LogP contribution in [0.25, 0.3) is 0 Å². The number of likely N-dealkylation sites (N-methyl/N-ethyl adjacent to an activating group) is 1. The number of likely N-dealkylation sites (tertiary alicyclic amines) is 1. The first-order valence-corrected chi connectivity index (χ1v) is 7.71. The molecule has 120 valence electrons. The highest BCUT2D eigenvalue weighted by atomic mass is 16.5. The van der Waals surface area contributed by atoms with Crippen molar-refractivity contribution < 1.29 is 19.2 Å². The second kappa shape index (κ2) is 7.79. The molecule has 1 fully saturated rings. The van der Waals surface area contributed by atoms with E-state index in [1.807, 2.05) is 0 Å². The Hall–Kier alpha value is -2.08. The van der Waals surface area contributed by atoms with E-state index in [0.717, 1.165) is 19.5 Å². The number of nitrogens with one attached hydrogen (secondary N) is 3. The van der Waals surface area contributed by atoms with Crippen molar-refractivity contribution in [2.75, 3.05) is 32.1 Å². The van der Waals surface area contributed by atoms with Crippen LogP contribution in [-0.4, -0.2) is 44.6 Å². The van der Waals surface area contributed by atoms with Gasteiger partial charge in [0.05, 0.1) is 26.7 Å². The number of amides is 2. The van der Waals surface area contributed by atoms with E-state index in [2.05, 4.69) is 17.6 Å². The van der Waals surface area contributed by atoms with Crippen molar-refractivity contribution in [2.24, 2.45) is 0 Å². The number of hydrogen-bond donors (Lipinski definition) is 3. The summed E-state index contributed by atoms with van der Waals surface area (Å²) < 4.78 is 5.08. The molecule has 0 aliphatic carbocycles. The van der Waals surface area contributed by atoms with Crippen LogP contribution in [0.2, 0.25) is 0 Å². The van der Waals surface area contributed by atoms with E-state index in [4.69, 9.17) is 4.74 Å². The summed E-state index contributed by atoms with van der Waals surface area (Å²) in [6.45, 7) is 4.89. The van der Waals surface area contributed by atoms with Crippen molar-refractivity contribution in [1.29, 1.82) is 0 Å². The van der Waals surface area contributed by atoms with Gasteiger partial charge < -0.3 is 20.3 Å². The molecule has 1 aliphatic rings. The predicted molar refractivity (Wildman–Crippen MR) is 84.0 cm³/mol. The van der Waals surface area contributed by atoms with Crippen LogP contribution in [0.3, 0.4) is 0 Å². The van der Waals surface area contributed by atoms with Gasteiger partial charge in [0.25, 0.3) is 0 Å². The number of quaternary nitrogens is 1. The number of hydrogen-bond acceptors (Lipinski definition) is 3. The normalized spacial score (nSPS) is 20.5. The average molecular weight is 306 g/mol.